The molecule has 186 valence electrons. The summed E-state index contributed by atoms with van der Waals surface area (Å²) in [5.41, 5.74) is -1.97. The van der Waals surface area contributed by atoms with Crippen LogP contribution in [0.1, 0.15) is 43.1 Å². The first-order chi connectivity index (χ1) is 16.0. The van der Waals surface area contributed by atoms with Crippen molar-refractivity contribution in [1.29, 1.82) is 0 Å². The standard InChI is InChI=1S/C23H21F7O4/c24-16-5-12(22-32-9-13(10-33-22)11-1-3-14(31)4-2-11)6-17(25)20(16)23(29,30)34-15-7-18(26)21(28)19(27)8-15/h5-8,11,13-14,22,31H,1-4,9-10H2. The number of aliphatic hydroxyl groups excluding tert-OH is 1. The van der Waals surface area contributed by atoms with Crippen LogP contribution in [0.5, 0.6) is 5.75 Å². The van der Waals surface area contributed by atoms with Crippen molar-refractivity contribution in [3.05, 3.63) is 64.5 Å². The molecule has 2 fully saturated rings. The fraction of sp³-hybridized carbons (Fsp3) is 0.478. The molecule has 34 heavy (non-hydrogen) atoms. The van der Waals surface area contributed by atoms with E-state index < -0.39 is 52.8 Å². The Labute approximate surface area is 190 Å². The lowest BCUT2D eigenvalue weighted by atomic mass is 9.79. The molecule has 0 unspecified atom stereocenters. The lowest BCUT2D eigenvalue weighted by Crippen LogP contribution is -2.35. The fourth-order valence-electron chi connectivity index (χ4n) is 4.35. The Balaban J connectivity index is 1.47. The van der Waals surface area contributed by atoms with E-state index in [4.69, 9.17) is 9.47 Å². The summed E-state index contributed by atoms with van der Waals surface area (Å²) in [5.74, 6) is -9.77. The number of halogens is 7. The van der Waals surface area contributed by atoms with Gasteiger partial charge >= 0.3 is 6.11 Å². The Morgan fingerprint density at radius 2 is 1.29 bits per heavy atom. The van der Waals surface area contributed by atoms with Crippen molar-refractivity contribution in [2.75, 3.05) is 13.2 Å². The highest BCUT2D eigenvalue weighted by Crippen LogP contribution is 2.39. The zero-order chi connectivity index (χ0) is 24.6. The molecule has 1 N–H and O–H groups in total. The van der Waals surface area contributed by atoms with Crippen LogP contribution in [0.3, 0.4) is 0 Å². The smallest absolute Gasteiger partial charge is 0.429 e. The lowest BCUT2D eigenvalue weighted by molar-refractivity contribution is -0.215. The first-order valence-electron chi connectivity index (χ1n) is 10.7. The van der Waals surface area contributed by atoms with Crippen LogP contribution < -0.4 is 4.74 Å². The van der Waals surface area contributed by atoms with E-state index in [2.05, 4.69) is 4.74 Å². The summed E-state index contributed by atoms with van der Waals surface area (Å²) >= 11 is 0. The van der Waals surface area contributed by atoms with Gasteiger partial charge in [-0.1, -0.05) is 0 Å². The maximum Gasteiger partial charge on any atom is 0.432 e. The second-order valence-corrected chi connectivity index (χ2v) is 8.51. The van der Waals surface area contributed by atoms with Crippen LogP contribution in [0, 0.1) is 40.9 Å². The predicted molar refractivity (Wildman–Crippen MR) is 103 cm³/mol. The maximum absolute atomic E-state index is 14.5. The van der Waals surface area contributed by atoms with E-state index in [-0.39, 0.29) is 48.8 Å². The highest BCUT2D eigenvalue weighted by molar-refractivity contribution is 5.32. The van der Waals surface area contributed by atoms with Gasteiger partial charge in [-0.25, -0.2) is 22.0 Å². The second-order valence-electron chi connectivity index (χ2n) is 8.51. The van der Waals surface area contributed by atoms with Gasteiger partial charge in [0.2, 0.25) is 0 Å². The molecule has 2 aromatic carbocycles. The molecule has 1 aliphatic carbocycles. The van der Waals surface area contributed by atoms with Crippen LogP contribution in [0.4, 0.5) is 30.7 Å². The molecular formula is C23H21F7O4. The average Bonchev–Trinajstić information content (AvgIpc) is 2.77. The third-order valence-electron chi connectivity index (χ3n) is 6.16. The molecule has 0 spiro atoms. The summed E-state index contributed by atoms with van der Waals surface area (Å²) < 4.78 is 113. The maximum atomic E-state index is 14.5. The number of benzene rings is 2. The van der Waals surface area contributed by atoms with Gasteiger partial charge in [-0.05, 0) is 43.7 Å². The zero-order valence-corrected chi connectivity index (χ0v) is 17.7. The van der Waals surface area contributed by atoms with Gasteiger partial charge in [-0.2, -0.15) is 8.78 Å². The van der Waals surface area contributed by atoms with Crippen LogP contribution in [0.2, 0.25) is 0 Å². The topological polar surface area (TPSA) is 47.9 Å². The third-order valence-corrected chi connectivity index (χ3v) is 6.16. The number of hydrogen-bond acceptors (Lipinski definition) is 4. The Bertz CT molecular complexity index is 986. The van der Waals surface area contributed by atoms with Gasteiger partial charge in [0.1, 0.15) is 22.9 Å². The Hall–Kier alpha value is -2.37. The number of ether oxygens (including phenoxy) is 3. The van der Waals surface area contributed by atoms with Crippen molar-refractivity contribution in [3.63, 3.8) is 0 Å². The molecule has 11 heteroatoms. The van der Waals surface area contributed by atoms with E-state index in [1.807, 2.05) is 0 Å². The summed E-state index contributed by atoms with van der Waals surface area (Å²) in [6, 6.07) is 1.46. The lowest BCUT2D eigenvalue weighted by Gasteiger charge is -2.37. The van der Waals surface area contributed by atoms with Crippen molar-refractivity contribution in [2.45, 2.75) is 44.2 Å². The van der Waals surface area contributed by atoms with Gasteiger partial charge in [-0.3, -0.25) is 0 Å². The molecule has 4 nitrogen and oxygen atoms in total. The first kappa shape index (κ1) is 24.7. The normalized spacial score (nSPS) is 25.9. The average molecular weight is 494 g/mol. The number of rotatable bonds is 5. The molecule has 1 saturated heterocycles. The highest BCUT2D eigenvalue weighted by atomic mass is 19.3. The fourth-order valence-corrected chi connectivity index (χ4v) is 4.35. The molecule has 1 heterocycles. The molecular weight excluding hydrogens is 473 g/mol. The predicted octanol–water partition coefficient (Wildman–Crippen LogP) is 5.72. The van der Waals surface area contributed by atoms with Crippen molar-refractivity contribution in [1.82, 2.24) is 0 Å². The van der Waals surface area contributed by atoms with Crippen molar-refractivity contribution in [3.8, 4) is 5.75 Å². The number of hydrogen-bond donors (Lipinski definition) is 1. The summed E-state index contributed by atoms with van der Waals surface area (Å²) in [4.78, 5) is 0. The SMILES string of the molecule is OC1CCC(C2COC(c3cc(F)c(C(F)(F)Oc4cc(F)c(F)c(F)c4)c(F)c3)OC2)CC1. The van der Waals surface area contributed by atoms with E-state index in [9.17, 15) is 35.8 Å². The van der Waals surface area contributed by atoms with Gasteiger partial charge in [0, 0.05) is 23.6 Å². The van der Waals surface area contributed by atoms with Crippen molar-refractivity contribution in [2.24, 2.45) is 11.8 Å². The molecule has 4 rings (SSSR count). The monoisotopic (exact) mass is 494 g/mol. The minimum Gasteiger partial charge on any atom is -0.429 e. The molecule has 0 atom stereocenters. The van der Waals surface area contributed by atoms with E-state index in [0.717, 1.165) is 12.8 Å². The molecule has 1 aliphatic heterocycles. The molecule has 1 saturated carbocycles. The van der Waals surface area contributed by atoms with Gasteiger partial charge < -0.3 is 19.3 Å². The Kier molecular flexibility index (Phi) is 7.07. The van der Waals surface area contributed by atoms with Crippen LogP contribution in [0.15, 0.2) is 24.3 Å². The Morgan fingerprint density at radius 1 is 0.765 bits per heavy atom. The Morgan fingerprint density at radius 3 is 1.82 bits per heavy atom. The van der Waals surface area contributed by atoms with Crippen molar-refractivity contribution >= 4 is 0 Å². The van der Waals surface area contributed by atoms with Crippen LogP contribution in [-0.2, 0) is 15.6 Å². The van der Waals surface area contributed by atoms with Crippen molar-refractivity contribution < 1.29 is 50.1 Å². The minimum atomic E-state index is -4.67. The largest absolute Gasteiger partial charge is 0.432 e. The van der Waals surface area contributed by atoms with E-state index in [1.54, 1.807) is 0 Å². The van der Waals surface area contributed by atoms with Crippen LogP contribution in [0.25, 0.3) is 0 Å². The van der Waals surface area contributed by atoms with Gasteiger partial charge in [0.05, 0.1) is 19.3 Å². The van der Waals surface area contributed by atoms with Crippen LogP contribution >= 0.6 is 0 Å². The minimum absolute atomic E-state index is 0.0342. The highest BCUT2D eigenvalue weighted by Gasteiger charge is 2.42. The van der Waals surface area contributed by atoms with Crippen LogP contribution in [-0.4, -0.2) is 24.4 Å². The summed E-state index contributed by atoms with van der Waals surface area (Å²) in [6.45, 7) is 0.467. The zero-order valence-electron chi connectivity index (χ0n) is 17.7. The van der Waals surface area contributed by atoms with Gasteiger partial charge in [0.25, 0.3) is 0 Å². The number of alkyl halides is 2. The molecule has 2 aromatic rings. The van der Waals surface area contributed by atoms with E-state index in [0.29, 0.717) is 25.0 Å². The van der Waals surface area contributed by atoms with E-state index in [1.165, 1.54) is 0 Å². The third kappa shape index (κ3) is 5.16. The molecule has 2 aliphatic rings. The van der Waals surface area contributed by atoms with Gasteiger partial charge in [-0.15, -0.1) is 0 Å². The summed E-state index contributed by atoms with van der Waals surface area (Å²) in [5, 5.41) is 9.62. The second kappa shape index (κ2) is 9.71. The van der Waals surface area contributed by atoms with E-state index >= 15 is 0 Å². The summed E-state index contributed by atoms with van der Waals surface area (Å²) in [7, 11) is 0. The molecule has 0 radical (unpaired) electrons. The molecule has 0 bridgehead atoms. The van der Waals surface area contributed by atoms with Gasteiger partial charge in [0.15, 0.2) is 23.7 Å². The number of aliphatic hydroxyl groups is 1. The quantitative estimate of drug-likeness (QED) is 0.427. The first-order valence-corrected chi connectivity index (χ1v) is 10.7. The molecule has 0 amide bonds. The molecule has 0 aromatic heterocycles. The summed E-state index contributed by atoms with van der Waals surface area (Å²) in [6.07, 6.45) is -3.21.